The van der Waals surface area contributed by atoms with E-state index in [0.29, 0.717) is 23.8 Å². The Hall–Kier alpha value is -1.27. The lowest BCUT2D eigenvalue weighted by Gasteiger charge is -2.05. The molecule has 0 amide bonds. The molecule has 0 fully saturated rings. The highest BCUT2D eigenvalue weighted by Crippen LogP contribution is 2.23. The molecule has 0 saturated carbocycles. The molecule has 2 N–H and O–H groups in total. The summed E-state index contributed by atoms with van der Waals surface area (Å²) in [6.07, 6.45) is 4.29. The van der Waals surface area contributed by atoms with Crippen molar-refractivity contribution in [3.8, 4) is 11.5 Å². The summed E-state index contributed by atoms with van der Waals surface area (Å²) in [5.74, 6) is 1.05. The number of pyridine rings is 1. The number of halogens is 1. The van der Waals surface area contributed by atoms with Crippen LogP contribution in [0.25, 0.3) is 11.5 Å². The molecule has 2 aromatic heterocycles. The van der Waals surface area contributed by atoms with Crippen LogP contribution in [0.4, 0.5) is 0 Å². The van der Waals surface area contributed by atoms with Gasteiger partial charge in [0.25, 0.3) is 0 Å². The van der Waals surface area contributed by atoms with Crippen LogP contribution in [0.5, 0.6) is 0 Å². The molecule has 0 spiro atoms. The topological polar surface area (TPSA) is 77.8 Å². The molecule has 0 aliphatic heterocycles. The zero-order valence-electron chi connectivity index (χ0n) is 10.1. The van der Waals surface area contributed by atoms with Gasteiger partial charge in [-0.15, -0.1) is 0 Å². The van der Waals surface area contributed by atoms with E-state index >= 15 is 0 Å². The summed E-state index contributed by atoms with van der Waals surface area (Å²) in [6, 6.07) is 3.79. The molecule has 2 heterocycles. The highest BCUT2D eigenvalue weighted by atomic mass is 79.9. The number of rotatable bonds is 5. The highest BCUT2D eigenvalue weighted by Gasteiger charge is 2.14. The van der Waals surface area contributed by atoms with Gasteiger partial charge in [-0.05, 0) is 34.5 Å². The molecule has 2 aromatic rings. The molecule has 5 nitrogen and oxygen atoms in total. The average molecular weight is 311 g/mol. The molecule has 1 atom stereocenters. The van der Waals surface area contributed by atoms with E-state index in [2.05, 4.69) is 38.0 Å². The molecular formula is C12H15BrN4O. The van der Waals surface area contributed by atoms with Gasteiger partial charge < -0.3 is 10.3 Å². The second-order valence-corrected chi connectivity index (χ2v) is 4.95. The first-order chi connectivity index (χ1) is 8.70. The van der Waals surface area contributed by atoms with Crippen LogP contribution >= 0.6 is 15.9 Å². The van der Waals surface area contributed by atoms with E-state index in [1.165, 1.54) is 0 Å². The summed E-state index contributed by atoms with van der Waals surface area (Å²) >= 11 is 3.41. The Morgan fingerprint density at radius 3 is 3.06 bits per heavy atom. The van der Waals surface area contributed by atoms with E-state index in [0.717, 1.165) is 17.3 Å². The van der Waals surface area contributed by atoms with Gasteiger partial charge in [0.05, 0.1) is 0 Å². The smallest absolute Gasteiger partial charge is 0.228 e. The third kappa shape index (κ3) is 3.14. The van der Waals surface area contributed by atoms with Crippen molar-refractivity contribution in [2.24, 2.45) is 5.73 Å². The molecule has 0 saturated heterocycles. The summed E-state index contributed by atoms with van der Waals surface area (Å²) in [6.45, 7) is 2.10. The summed E-state index contributed by atoms with van der Waals surface area (Å²) < 4.78 is 6.03. The maximum atomic E-state index is 5.94. The van der Waals surface area contributed by atoms with E-state index in [1.54, 1.807) is 6.20 Å². The predicted molar refractivity (Wildman–Crippen MR) is 71.8 cm³/mol. The molecule has 0 aliphatic rings. The Morgan fingerprint density at radius 2 is 2.33 bits per heavy atom. The Morgan fingerprint density at radius 1 is 1.50 bits per heavy atom. The molecule has 6 heteroatoms. The number of aromatic nitrogens is 3. The van der Waals surface area contributed by atoms with Gasteiger partial charge in [-0.1, -0.05) is 18.5 Å². The summed E-state index contributed by atoms with van der Waals surface area (Å²) in [5.41, 5.74) is 6.62. The van der Waals surface area contributed by atoms with Gasteiger partial charge in [0.2, 0.25) is 11.7 Å². The van der Waals surface area contributed by atoms with Crippen molar-refractivity contribution in [1.29, 1.82) is 0 Å². The molecule has 96 valence electrons. The summed E-state index contributed by atoms with van der Waals surface area (Å²) in [5, 5.41) is 3.93. The van der Waals surface area contributed by atoms with Crippen LogP contribution in [-0.2, 0) is 6.42 Å². The van der Waals surface area contributed by atoms with Crippen molar-refractivity contribution in [2.45, 2.75) is 32.2 Å². The van der Waals surface area contributed by atoms with Gasteiger partial charge in [-0.2, -0.15) is 4.98 Å². The first-order valence-electron chi connectivity index (χ1n) is 5.89. The number of hydrogen-bond donors (Lipinski definition) is 1. The first-order valence-corrected chi connectivity index (χ1v) is 6.69. The maximum absolute atomic E-state index is 5.94. The first kappa shape index (κ1) is 13.2. The Labute approximate surface area is 114 Å². The molecule has 1 unspecified atom stereocenters. The lowest BCUT2D eigenvalue weighted by Crippen LogP contribution is -2.22. The minimum Gasteiger partial charge on any atom is -0.339 e. The minimum atomic E-state index is 0.0653. The average Bonchev–Trinajstić information content (AvgIpc) is 2.78. The molecule has 18 heavy (non-hydrogen) atoms. The van der Waals surface area contributed by atoms with Crippen LogP contribution in [-0.4, -0.2) is 21.2 Å². The Balaban J connectivity index is 2.13. The normalized spacial score (nSPS) is 12.6. The van der Waals surface area contributed by atoms with Crippen LogP contribution in [0.2, 0.25) is 0 Å². The van der Waals surface area contributed by atoms with Gasteiger partial charge in [-0.3, -0.25) is 4.98 Å². The molecule has 0 aliphatic carbocycles. The molecule has 0 radical (unpaired) electrons. The summed E-state index contributed by atoms with van der Waals surface area (Å²) in [7, 11) is 0. The fourth-order valence-corrected chi connectivity index (χ4v) is 2.11. The molecule has 2 rings (SSSR count). The quantitative estimate of drug-likeness (QED) is 0.918. The van der Waals surface area contributed by atoms with Crippen LogP contribution < -0.4 is 5.73 Å². The van der Waals surface area contributed by atoms with Crippen LogP contribution in [0, 0.1) is 0 Å². The second kappa shape index (κ2) is 6.06. The van der Waals surface area contributed by atoms with Gasteiger partial charge in [0, 0.05) is 23.1 Å². The molecular weight excluding hydrogens is 296 g/mol. The monoisotopic (exact) mass is 310 g/mol. The lowest BCUT2D eigenvalue weighted by atomic mass is 10.1. The molecule has 0 bridgehead atoms. The van der Waals surface area contributed by atoms with E-state index in [9.17, 15) is 0 Å². The largest absolute Gasteiger partial charge is 0.339 e. The molecule has 0 aromatic carbocycles. The zero-order valence-corrected chi connectivity index (χ0v) is 11.7. The van der Waals surface area contributed by atoms with Crippen molar-refractivity contribution >= 4 is 15.9 Å². The highest BCUT2D eigenvalue weighted by molar-refractivity contribution is 9.10. The third-order valence-corrected chi connectivity index (χ3v) is 3.17. The fraction of sp³-hybridized carbons (Fsp3) is 0.417. The fourth-order valence-electron chi connectivity index (χ4n) is 1.68. The van der Waals surface area contributed by atoms with E-state index < -0.39 is 0 Å². The van der Waals surface area contributed by atoms with Gasteiger partial charge >= 0.3 is 0 Å². The second-order valence-electron chi connectivity index (χ2n) is 4.10. The van der Waals surface area contributed by atoms with Crippen LogP contribution in [0.3, 0.4) is 0 Å². The van der Waals surface area contributed by atoms with Crippen molar-refractivity contribution < 1.29 is 4.52 Å². The maximum Gasteiger partial charge on any atom is 0.228 e. The SMILES string of the molecule is CCCC(N)Cc1nc(-c2ncccc2Br)no1. The van der Waals surface area contributed by atoms with Crippen molar-refractivity contribution in [3.05, 3.63) is 28.7 Å². The van der Waals surface area contributed by atoms with Crippen molar-refractivity contribution in [1.82, 2.24) is 15.1 Å². The van der Waals surface area contributed by atoms with E-state index in [1.807, 2.05) is 12.1 Å². The van der Waals surface area contributed by atoms with Gasteiger partial charge in [-0.25, -0.2) is 0 Å². The Kier molecular flexibility index (Phi) is 4.43. The van der Waals surface area contributed by atoms with Crippen LogP contribution in [0.1, 0.15) is 25.7 Å². The lowest BCUT2D eigenvalue weighted by molar-refractivity contribution is 0.366. The number of hydrogen-bond acceptors (Lipinski definition) is 5. The van der Waals surface area contributed by atoms with E-state index in [-0.39, 0.29) is 6.04 Å². The Bertz CT molecular complexity index is 514. The van der Waals surface area contributed by atoms with Gasteiger partial charge in [0.15, 0.2) is 0 Å². The predicted octanol–water partition coefficient (Wildman–Crippen LogP) is 2.56. The minimum absolute atomic E-state index is 0.0653. The van der Waals surface area contributed by atoms with Crippen molar-refractivity contribution in [2.75, 3.05) is 0 Å². The zero-order chi connectivity index (χ0) is 13.0. The number of nitrogens with zero attached hydrogens (tertiary/aromatic N) is 3. The summed E-state index contributed by atoms with van der Waals surface area (Å²) in [4.78, 5) is 8.53. The number of nitrogens with two attached hydrogens (primary N) is 1. The van der Waals surface area contributed by atoms with Crippen LogP contribution in [0.15, 0.2) is 27.3 Å². The van der Waals surface area contributed by atoms with Crippen molar-refractivity contribution in [3.63, 3.8) is 0 Å². The van der Waals surface area contributed by atoms with Gasteiger partial charge in [0.1, 0.15) is 5.69 Å². The van der Waals surface area contributed by atoms with E-state index in [4.69, 9.17) is 10.3 Å². The standard InChI is InChI=1S/C12H15BrN4O/c1-2-4-8(14)7-10-16-12(17-18-10)11-9(13)5-3-6-15-11/h3,5-6,8H,2,4,7,14H2,1H3. The third-order valence-electron chi connectivity index (χ3n) is 2.53.